The molecule has 6 heteroatoms. The van der Waals surface area contributed by atoms with Gasteiger partial charge in [-0.25, -0.2) is 4.79 Å². The highest BCUT2D eigenvalue weighted by Crippen LogP contribution is 2.18. The van der Waals surface area contributed by atoms with Gasteiger partial charge < -0.3 is 15.7 Å². The maximum absolute atomic E-state index is 11.5. The zero-order valence-electron chi connectivity index (χ0n) is 10.00. The van der Waals surface area contributed by atoms with Crippen LogP contribution in [0, 0.1) is 6.92 Å². The van der Waals surface area contributed by atoms with E-state index >= 15 is 0 Å². The standard InChI is InChI=1S/C12H15BrN2O3/c1-8-5-9(13)7-10(6-8)15-12(18)14-4-2-3-11(16)17/h5-7H,2-4H2,1H3,(H,16,17)(H2,14,15,18). The summed E-state index contributed by atoms with van der Waals surface area (Å²) in [5.74, 6) is -0.861. The number of carbonyl (C=O) groups is 2. The van der Waals surface area contributed by atoms with Gasteiger partial charge in [0.1, 0.15) is 0 Å². The van der Waals surface area contributed by atoms with Crippen molar-refractivity contribution in [2.75, 3.05) is 11.9 Å². The van der Waals surface area contributed by atoms with Crippen molar-refractivity contribution in [2.45, 2.75) is 19.8 Å². The van der Waals surface area contributed by atoms with Crippen LogP contribution in [0.3, 0.4) is 0 Å². The van der Waals surface area contributed by atoms with Gasteiger partial charge in [0.25, 0.3) is 0 Å². The van der Waals surface area contributed by atoms with Gasteiger partial charge in [-0.05, 0) is 37.1 Å². The topological polar surface area (TPSA) is 78.4 Å². The number of carbonyl (C=O) groups excluding carboxylic acids is 1. The van der Waals surface area contributed by atoms with E-state index in [1.807, 2.05) is 19.1 Å². The molecule has 18 heavy (non-hydrogen) atoms. The van der Waals surface area contributed by atoms with Crippen LogP contribution in [0.1, 0.15) is 18.4 Å². The monoisotopic (exact) mass is 314 g/mol. The van der Waals surface area contributed by atoms with Crippen molar-refractivity contribution in [3.8, 4) is 0 Å². The van der Waals surface area contributed by atoms with Crippen molar-refractivity contribution in [1.82, 2.24) is 5.32 Å². The van der Waals surface area contributed by atoms with Gasteiger partial charge in [-0.3, -0.25) is 4.79 Å². The number of nitrogens with one attached hydrogen (secondary N) is 2. The fraction of sp³-hybridized carbons (Fsp3) is 0.333. The van der Waals surface area contributed by atoms with Crippen molar-refractivity contribution in [3.63, 3.8) is 0 Å². The number of aryl methyl sites for hydroxylation is 1. The smallest absolute Gasteiger partial charge is 0.319 e. The predicted molar refractivity (Wildman–Crippen MR) is 72.8 cm³/mol. The molecule has 5 nitrogen and oxygen atoms in total. The highest BCUT2D eigenvalue weighted by atomic mass is 79.9. The van der Waals surface area contributed by atoms with E-state index in [1.54, 1.807) is 6.07 Å². The molecule has 1 rings (SSSR count). The number of aliphatic carboxylic acids is 1. The molecule has 0 unspecified atom stereocenters. The van der Waals surface area contributed by atoms with Gasteiger partial charge in [0, 0.05) is 23.1 Å². The van der Waals surface area contributed by atoms with E-state index in [1.165, 1.54) is 0 Å². The normalized spacial score (nSPS) is 9.89. The average Bonchev–Trinajstić information content (AvgIpc) is 2.22. The number of carboxylic acids is 1. The van der Waals surface area contributed by atoms with Gasteiger partial charge in [0.2, 0.25) is 0 Å². The Kier molecular flexibility index (Phi) is 5.64. The van der Waals surface area contributed by atoms with Crippen molar-refractivity contribution in [1.29, 1.82) is 0 Å². The summed E-state index contributed by atoms with van der Waals surface area (Å²) in [6, 6.07) is 5.25. The van der Waals surface area contributed by atoms with Crippen LogP contribution in [0.2, 0.25) is 0 Å². The molecule has 0 saturated heterocycles. The number of benzene rings is 1. The molecule has 0 fully saturated rings. The Bertz CT molecular complexity index is 429. The van der Waals surface area contributed by atoms with Crippen molar-refractivity contribution in [3.05, 3.63) is 28.2 Å². The van der Waals surface area contributed by atoms with Gasteiger partial charge in [-0.1, -0.05) is 15.9 Å². The van der Waals surface area contributed by atoms with Crippen molar-refractivity contribution in [2.24, 2.45) is 0 Å². The Balaban J connectivity index is 2.37. The van der Waals surface area contributed by atoms with Crippen LogP contribution in [0.25, 0.3) is 0 Å². The summed E-state index contributed by atoms with van der Waals surface area (Å²) in [6.45, 7) is 2.27. The number of carboxylic acid groups (broad SMARTS) is 1. The van der Waals surface area contributed by atoms with Crippen LogP contribution < -0.4 is 10.6 Å². The summed E-state index contributed by atoms with van der Waals surface area (Å²) < 4.78 is 0.892. The Labute approximate surface area is 114 Å². The van der Waals surface area contributed by atoms with Gasteiger partial charge in [0.05, 0.1) is 0 Å². The Hall–Kier alpha value is -1.56. The minimum absolute atomic E-state index is 0.0519. The minimum Gasteiger partial charge on any atom is -0.481 e. The number of amides is 2. The highest BCUT2D eigenvalue weighted by Gasteiger charge is 2.03. The molecule has 0 bridgehead atoms. The fourth-order valence-corrected chi connectivity index (χ4v) is 2.03. The first-order valence-electron chi connectivity index (χ1n) is 5.51. The Morgan fingerprint density at radius 3 is 2.67 bits per heavy atom. The fourth-order valence-electron chi connectivity index (χ4n) is 1.43. The third kappa shape index (κ3) is 5.67. The summed E-state index contributed by atoms with van der Waals surface area (Å²) >= 11 is 3.35. The van der Waals surface area contributed by atoms with Gasteiger partial charge >= 0.3 is 12.0 Å². The van der Waals surface area contributed by atoms with Crippen molar-refractivity contribution < 1.29 is 14.7 Å². The highest BCUT2D eigenvalue weighted by molar-refractivity contribution is 9.10. The third-order valence-corrected chi connectivity index (χ3v) is 2.61. The molecule has 0 aliphatic rings. The van der Waals surface area contributed by atoms with Gasteiger partial charge in [-0.15, -0.1) is 0 Å². The lowest BCUT2D eigenvalue weighted by atomic mass is 10.2. The molecule has 98 valence electrons. The second-order valence-corrected chi connectivity index (χ2v) is 4.81. The number of hydrogen-bond donors (Lipinski definition) is 3. The van der Waals surface area contributed by atoms with E-state index in [2.05, 4.69) is 26.6 Å². The molecule has 0 atom stereocenters. The summed E-state index contributed by atoms with van der Waals surface area (Å²) in [5.41, 5.74) is 1.73. The molecule has 0 aliphatic carbocycles. The van der Waals surface area contributed by atoms with Crippen LogP contribution in [-0.2, 0) is 4.79 Å². The van der Waals surface area contributed by atoms with E-state index in [0.29, 0.717) is 18.7 Å². The van der Waals surface area contributed by atoms with Crippen LogP contribution in [-0.4, -0.2) is 23.7 Å². The second kappa shape index (κ2) is 7.00. The molecular weight excluding hydrogens is 300 g/mol. The maximum atomic E-state index is 11.5. The molecule has 0 saturated carbocycles. The predicted octanol–water partition coefficient (Wildman–Crippen LogP) is 2.74. The number of anilines is 1. The van der Waals surface area contributed by atoms with Gasteiger partial charge in [0.15, 0.2) is 0 Å². The zero-order valence-corrected chi connectivity index (χ0v) is 11.6. The van der Waals surface area contributed by atoms with E-state index in [-0.39, 0.29) is 12.5 Å². The number of urea groups is 1. The molecule has 0 aromatic heterocycles. The molecule has 0 spiro atoms. The average molecular weight is 315 g/mol. The van der Waals surface area contributed by atoms with E-state index in [9.17, 15) is 9.59 Å². The molecule has 0 aliphatic heterocycles. The van der Waals surface area contributed by atoms with E-state index < -0.39 is 5.97 Å². The van der Waals surface area contributed by atoms with Crippen LogP contribution >= 0.6 is 15.9 Å². The summed E-state index contributed by atoms with van der Waals surface area (Å²) in [7, 11) is 0. The third-order valence-electron chi connectivity index (χ3n) is 2.15. The quantitative estimate of drug-likeness (QED) is 0.731. The van der Waals surface area contributed by atoms with E-state index in [0.717, 1.165) is 10.0 Å². The first-order chi connectivity index (χ1) is 8.47. The van der Waals surface area contributed by atoms with Crippen LogP contribution in [0.15, 0.2) is 22.7 Å². The molecular formula is C12H15BrN2O3. The molecule has 0 radical (unpaired) electrons. The number of halogens is 1. The molecule has 1 aromatic carbocycles. The summed E-state index contributed by atoms with van der Waals surface area (Å²) in [4.78, 5) is 21.8. The number of hydrogen-bond acceptors (Lipinski definition) is 2. The van der Waals surface area contributed by atoms with Crippen LogP contribution in [0.4, 0.5) is 10.5 Å². The molecule has 2 amide bonds. The summed E-state index contributed by atoms with van der Waals surface area (Å²) in [5, 5.41) is 13.7. The van der Waals surface area contributed by atoms with Crippen LogP contribution in [0.5, 0.6) is 0 Å². The first-order valence-corrected chi connectivity index (χ1v) is 6.30. The van der Waals surface area contributed by atoms with Crippen molar-refractivity contribution >= 4 is 33.6 Å². The lowest BCUT2D eigenvalue weighted by Crippen LogP contribution is -2.29. The second-order valence-electron chi connectivity index (χ2n) is 3.90. The minimum atomic E-state index is -0.861. The number of rotatable bonds is 5. The molecule has 0 heterocycles. The summed E-state index contributed by atoms with van der Waals surface area (Å²) in [6.07, 6.45) is 0.469. The van der Waals surface area contributed by atoms with Gasteiger partial charge in [-0.2, -0.15) is 0 Å². The lowest BCUT2D eigenvalue weighted by Gasteiger charge is -2.08. The maximum Gasteiger partial charge on any atom is 0.319 e. The zero-order chi connectivity index (χ0) is 13.5. The molecule has 1 aromatic rings. The first kappa shape index (κ1) is 14.5. The molecule has 3 N–H and O–H groups in total. The Morgan fingerprint density at radius 1 is 1.33 bits per heavy atom. The Morgan fingerprint density at radius 2 is 2.06 bits per heavy atom. The van der Waals surface area contributed by atoms with E-state index in [4.69, 9.17) is 5.11 Å². The SMILES string of the molecule is Cc1cc(Br)cc(NC(=O)NCCCC(=O)O)c1. The lowest BCUT2D eigenvalue weighted by molar-refractivity contribution is -0.137. The largest absolute Gasteiger partial charge is 0.481 e.